The maximum absolute atomic E-state index is 12.7. The number of amides is 2. The number of nitrogens with zero attached hydrogens (tertiary/aromatic N) is 1. The molecule has 22 heavy (non-hydrogen) atoms. The molecule has 1 aromatic rings. The van der Waals surface area contributed by atoms with Gasteiger partial charge in [-0.25, -0.2) is 0 Å². The number of alkyl halides is 3. The molecule has 5 nitrogen and oxygen atoms in total. The summed E-state index contributed by atoms with van der Waals surface area (Å²) < 4.78 is 38.1. The highest BCUT2D eigenvalue weighted by Crippen LogP contribution is 2.36. The fraction of sp³-hybridized carbons (Fsp3) is 0.250. The van der Waals surface area contributed by atoms with Gasteiger partial charge in [-0.15, -0.1) is 0 Å². The van der Waals surface area contributed by atoms with Gasteiger partial charge in [-0.1, -0.05) is 23.4 Å². The average molecular weight is 352 g/mol. The van der Waals surface area contributed by atoms with Crippen LogP contribution in [0.25, 0.3) is 0 Å². The van der Waals surface area contributed by atoms with Crippen LogP contribution in [-0.4, -0.2) is 22.2 Å². The first-order chi connectivity index (χ1) is 10.2. The largest absolute Gasteiger partial charge is 0.417 e. The van der Waals surface area contributed by atoms with Crippen LogP contribution in [0.3, 0.4) is 0 Å². The van der Waals surface area contributed by atoms with Gasteiger partial charge in [0.15, 0.2) is 5.17 Å². The van der Waals surface area contributed by atoms with Crippen LogP contribution in [0.5, 0.6) is 0 Å². The van der Waals surface area contributed by atoms with E-state index in [-0.39, 0.29) is 17.3 Å². The number of aliphatic imine (C=N–C) groups is 1. The molecule has 0 spiro atoms. The van der Waals surface area contributed by atoms with E-state index < -0.39 is 33.8 Å². The van der Waals surface area contributed by atoms with Crippen molar-refractivity contribution in [3.05, 3.63) is 28.8 Å². The van der Waals surface area contributed by atoms with Gasteiger partial charge in [0.2, 0.25) is 5.91 Å². The Balaban J connectivity index is 2.05. The first-order valence-corrected chi connectivity index (χ1v) is 7.14. The quantitative estimate of drug-likeness (QED) is 0.876. The van der Waals surface area contributed by atoms with Crippen molar-refractivity contribution in [2.75, 3.05) is 5.32 Å². The number of anilines is 1. The molecule has 2 rings (SSSR count). The standard InChI is InChI=1S/C12H9ClF3N3O2S/c13-7-2-1-5(3-6(7)12(14,15)16)18-9(20)4-8-10(21)19-11(17)22-8/h1-3,8H,4H2,(H,18,20)(H2,17,19,21)/t8-/m1/s1. The molecule has 0 unspecified atom stereocenters. The predicted molar refractivity (Wildman–Crippen MR) is 77.7 cm³/mol. The van der Waals surface area contributed by atoms with E-state index in [1.165, 1.54) is 6.07 Å². The number of hydrogen-bond donors (Lipinski definition) is 2. The molecule has 0 fully saturated rings. The van der Waals surface area contributed by atoms with Gasteiger partial charge >= 0.3 is 6.18 Å². The molecule has 0 bridgehead atoms. The normalized spacial score (nSPS) is 18.3. The summed E-state index contributed by atoms with van der Waals surface area (Å²) in [6, 6.07) is 3.01. The summed E-state index contributed by atoms with van der Waals surface area (Å²) in [5, 5.41) is 1.13. The number of thioether (sulfide) groups is 1. The van der Waals surface area contributed by atoms with E-state index in [0.717, 1.165) is 23.9 Å². The van der Waals surface area contributed by atoms with Crippen LogP contribution in [0.1, 0.15) is 12.0 Å². The Bertz CT molecular complexity index is 664. The van der Waals surface area contributed by atoms with E-state index in [1.807, 2.05) is 0 Å². The Kier molecular flexibility index (Phi) is 4.66. The van der Waals surface area contributed by atoms with Crippen LogP contribution in [-0.2, 0) is 15.8 Å². The fourth-order valence-electron chi connectivity index (χ4n) is 1.73. The highest BCUT2D eigenvalue weighted by atomic mass is 35.5. The molecule has 1 aliphatic heterocycles. The van der Waals surface area contributed by atoms with Gasteiger partial charge in [0.1, 0.15) is 5.25 Å². The highest BCUT2D eigenvalue weighted by molar-refractivity contribution is 8.15. The maximum atomic E-state index is 12.7. The summed E-state index contributed by atoms with van der Waals surface area (Å²) in [6.07, 6.45) is -4.87. The lowest BCUT2D eigenvalue weighted by Gasteiger charge is -2.12. The summed E-state index contributed by atoms with van der Waals surface area (Å²) in [4.78, 5) is 26.6. The van der Waals surface area contributed by atoms with Gasteiger partial charge in [-0.2, -0.15) is 18.2 Å². The third kappa shape index (κ3) is 3.92. The molecule has 3 N–H and O–H groups in total. The Labute approximate surface area is 132 Å². The van der Waals surface area contributed by atoms with Gasteiger partial charge in [0, 0.05) is 12.1 Å². The summed E-state index contributed by atoms with van der Waals surface area (Å²) >= 11 is 6.42. The van der Waals surface area contributed by atoms with Crippen molar-refractivity contribution in [3.8, 4) is 0 Å². The van der Waals surface area contributed by atoms with Gasteiger partial charge in [-0.05, 0) is 18.2 Å². The number of benzene rings is 1. The maximum Gasteiger partial charge on any atom is 0.417 e. The van der Waals surface area contributed by atoms with E-state index in [4.69, 9.17) is 17.3 Å². The monoisotopic (exact) mass is 351 g/mol. The minimum atomic E-state index is -4.63. The van der Waals surface area contributed by atoms with Gasteiger partial charge in [0.25, 0.3) is 5.91 Å². The van der Waals surface area contributed by atoms with Gasteiger partial charge in [0.05, 0.1) is 10.6 Å². The Hall–Kier alpha value is -1.74. The average Bonchev–Trinajstić information content (AvgIpc) is 2.68. The number of carbonyl (C=O) groups excluding carboxylic acids is 2. The van der Waals surface area contributed by atoms with Crippen molar-refractivity contribution in [2.24, 2.45) is 10.7 Å². The fourth-order valence-corrected chi connectivity index (χ4v) is 2.78. The molecule has 118 valence electrons. The van der Waals surface area contributed by atoms with Crippen molar-refractivity contribution in [2.45, 2.75) is 17.8 Å². The molecule has 2 amide bonds. The van der Waals surface area contributed by atoms with Crippen LogP contribution in [0, 0.1) is 0 Å². The molecule has 0 radical (unpaired) electrons. The van der Waals surface area contributed by atoms with Crippen LogP contribution in [0.2, 0.25) is 5.02 Å². The summed E-state index contributed by atoms with van der Waals surface area (Å²) in [7, 11) is 0. The lowest BCUT2D eigenvalue weighted by molar-refractivity contribution is -0.137. The second-order valence-electron chi connectivity index (χ2n) is 4.34. The lowest BCUT2D eigenvalue weighted by atomic mass is 10.2. The van der Waals surface area contributed by atoms with Crippen LogP contribution in [0.4, 0.5) is 18.9 Å². The van der Waals surface area contributed by atoms with Crippen molar-refractivity contribution < 1.29 is 22.8 Å². The topological polar surface area (TPSA) is 84.5 Å². The smallest absolute Gasteiger partial charge is 0.378 e. The van der Waals surface area contributed by atoms with Gasteiger partial charge < -0.3 is 11.1 Å². The van der Waals surface area contributed by atoms with Crippen molar-refractivity contribution in [3.63, 3.8) is 0 Å². The van der Waals surface area contributed by atoms with Crippen molar-refractivity contribution in [1.29, 1.82) is 0 Å². The molecular formula is C12H9ClF3N3O2S. The van der Waals surface area contributed by atoms with E-state index >= 15 is 0 Å². The number of rotatable bonds is 3. The first kappa shape index (κ1) is 16.6. The Morgan fingerprint density at radius 2 is 2.14 bits per heavy atom. The van der Waals surface area contributed by atoms with Crippen molar-refractivity contribution >= 4 is 46.0 Å². The molecule has 1 atom stereocenters. The molecule has 1 heterocycles. The zero-order chi connectivity index (χ0) is 16.5. The summed E-state index contributed by atoms with van der Waals surface area (Å²) in [5.74, 6) is -1.16. The number of hydrogen-bond acceptors (Lipinski definition) is 4. The zero-order valence-electron chi connectivity index (χ0n) is 10.8. The number of nitrogens with one attached hydrogen (secondary N) is 1. The molecular weight excluding hydrogens is 343 g/mol. The number of nitrogens with two attached hydrogens (primary N) is 1. The predicted octanol–water partition coefficient (Wildman–Crippen LogP) is 2.64. The Morgan fingerprint density at radius 1 is 1.45 bits per heavy atom. The van der Waals surface area contributed by atoms with Crippen LogP contribution >= 0.6 is 23.4 Å². The minimum absolute atomic E-state index is 0.0636. The Morgan fingerprint density at radius 3 is 2.68 bits per heavy atom. The third-order valence-corrected chi connectivity index (χ3v) is 4.00. The SMILES string of the molecule is NC1=NC(=O)[C@@H](CC(=O)Nc2ccc(Cl)c(C(F)(F)F)c2)S1. The lowest BCUT2D eigenvalue weighted by Crippen LogP contribution is -2.22. The molecule has 0 aliphatic carbocycles. The first-order valence-electron chi connectivity index (χ1n) is 5.88. The highest BCUT2D eigenvalue weighted by Gasteiger charge is 2.34. The van der Waals surface area contributed by atoms with E-state index in [0.29, 0.717) is 0 Å². The van der Waals surface area contributed by atoms with Crippen molar-refractivity contribution in [1.82, 2.24) is 0 Å². The van der Waals surface area contributed by atoms with Crippen LogP contribution < -0.4 is 11.1 Å². The second kappa shape index (κ2) is 6.17. The summed E-state index contributed by atoms with van der Waals surface area (Å²) in [6.45, 7) is 0. The molecule has 0 saturated heterocycles. The molecule has 0 aromatic heterocycles. The summed E-state index contributed by atoms with van der Waals surface area (Å²) in [5.41, 5.74) is 4.24. The van der Waals surface area contributed by atoms with E-state index in [9.17, 15) is 22.8 Å². The van der Waals surface area contributed by atoms with Crippen LogP contribution in [0.15, 0.2) is 23.2 Å². The van der Waals surface area contributed by atoms with Gasteiger partial charge in [-0.3, -0.25) is 9.59 Å². The number of amidine groups is 1. The second-order valence-corrected chi connectivity index (χ2v) is 5.97. The van der Waals surface area contributed by atoms with E-state index in [1.54, 1.807) is 0 Å². The molecule has 1 aliphatic rings. The van der Waals surface area contributed by atoms with E-state index in [2.05, 4.69) is 10.3 Å². The zero-order valence-corrected chi connectivity index (χ0v) is 12.4. The molecule has 10 heteroatoms. The molecule has 1 aromatic carbocycles. The minimum Gasteiger partial charge on any atom is -0.378 e. The molecule has 0 saturated carbocycles. The number of halogens is 4. The number of carbonyl (C=O) groups is 2. The third-order valence-electron chi connectivity index (χ3n) is 2.69.